The lowest BCUT2D eigenvalue weighted by Gasteiger charge is -2.09. The predicted molar refractivity (Wildman–Crippen MR) is 98.3 cm³/mol. The molecule has 2 N–H and O–H groups in total. The number of carbonyl (C=O) groups is 2. The Kier molecular flexibility index (Phi) is 7.00. The second-order valence-corrected chi connectivity index (χ2v) is 6.43. The molecule has 0 aliphatic heterocycles. The summed E-state index contributed by atoms with van der Waals surface area (Å²) in [6.45, 7) is 7.08. The van der Waals surface area contributed by atoms with Gasteiger partial charge < -0.3 is 15.2 Å². The Hall–Kier alpha value is -2.35. The van der Waals surface area contributed by atoms with Crippen LogP contribution < -0.4 is 10.6 Å². The molecule has 2 amide bonds. The summed E-state index contributed by atoms with van der Waals surface area (Å²) in [7, 11) is 0. The van der Waals surface area contributed by atoms with Crippen molar-refractivity contribution in [3.05, 3.63) is 29.8 Å². The van der Waals surface area contributed by atoms with Crippen LogP contribution in [-0.2, 0) is 16.1 Å². The number of carbonyl (C=O) groups excluding carboxylic acids is 2. The summed E-state index contributed by atoms with van der Waals surface area (Å²) >= 11 is 1.36. The first-order valence-corrected chi connectivity index (χ1v) is 9.14. The summed E-state index contributed by atoms with van der Waals surface area (Å²) in [5.41, 5.74) is 2.18. The number of nitrogens with one attached hydrogen (secondary N) is 2. The summed E-state index contributed by atoms with van der Waals surface area (Å²) in [5.74, 6) is 0.863. The predicted octanol–water partition coefficient (Wildman–Crippen LogP) is 1.62. The molecular weight excluding hydrogens is 338 g/mol. The third-order valence-electron chi connectivity index (χ3n) is 3.57. The van der Waals surface area contributed by atoms with Crippen molar-refractivity contribution >= 4 is 23.6 Å². The number of thioether (sulfide) groups is 1. The number of aromatic nitrogens is 3. The van der Waals surface area contributed by atoms with E-state index in [1.165, 1.54) is 18.7 Å². The molecule has 2 rings (SSSR count). The highest BCUT2D eigenvalue weighted by Crippen LogP contribution is 2.25. The largest absolute Gasteiger partial charge is 0.355 e. The van der Waals surface area contributed by atoms with E-state index in [1.54, 1.807) is 0 Å². The van der Waals surface area contributed by atoms with E-state index in [1.807, 2.05) is 42.7 Å². The molecule has 0 atom stereocenters. The van der Waals surface area contributed by atoms with Crippen molar-refractivity contribution in [1.82, 2.24) is 25.4 Å². The molecule has 0 spiro atoms. The van der Waals surface area contributed by atoms with Crippen molar-refractivity contribution in [2.24, 2.45) is 0 Å². The molecular formula is C17H23N5O2S. The highest BCUT2D eigenvalue weighted by atomic mass is 32.2. The standard InChI is InChI=1S/C17H23N5O2S/c1-4-22-16(14-8-6-5-7-12(14)2)20-21-17(22)25-11-15(24)19-10-9-18-13(3)23/h5-8H,4,9-11H2,1-3H3,(H,18,23)(H,19,24). The van der Waals surface area contributed by atoms with Crippen LogP contribution >= 0.6 is 11.8 Å². The summed E-state index contributed by atoms with van der Waals surface area (Å²) in [6, 6.07) is 8.03. The smallest absolute Gasteiger partial charge is 0.230 e. The monoisotopic (exact) mass is 361 g/mol. The van der Waals surface area contributed by atoms with Gasteiger partial charge in [0, 0.05) is 32.1 Å². The van der Waals surface area contributed by atoms with Gasteiger partial charge in [0.2, 0.25) is 11.8 Å². The SMILES string of the molecule is CCn1c(SCC(=O)NCCNC(C)=O)nnc1-c1ccccc1C. The van der Waals surface area contributed by atoms with Gasteiger partial charge in [-0.25, -0.2) is 0 Å². The van der Waals surface area contributed by atoms with Crippen molar-refractivity contribution in [3.8, 4) is 11.4 Å². The number of aryl methyl sites for hydroxylation is 1. The quantitative estimate of drug-likeness (QED) is 0.551. The van der Waals surface area contributed by atoms with Gasteiger partial charge in [-0.2, -0.15) is 0 Å². The highest BCUT2D eigenvalue weighted by molar-refractivity contribution is 7.99. The molecule has 134 valence electrons. The molecule has 7 nitrogen and oxygen atoms in total. The maximum atomic E-state index is 11.9. The molecule has 0 radical (unpaired) electrons. The third-order valence-corrected chi connectivity index (χ3v) is 4.54. The molecule has 25 heavy (non-hydrogen) atoms. The van der Waals surface area contributed by atoms with Crippen molar-refractivity contribution in [1.29, 1.82) is 0 Å². The van der Waals surface area contributed by atoms with Crippen LogP contribution in [0.2, 0.25) is 0 Å². The van der Waals surface area contributed by atoms with Crippen molar-refractivity contribution in [2.75, 3.05) is 18.8 Å². The van der Waals surface area contributed by atoms with E-state index in [9.17, 15) is 9.59 Å². The highest BCUT2D eigenvalue weighted by Gasteiger charge is 2.15. The Morgan fingerprint density at radius 3 is 2.56 bits per heavy atom. The van der Waals surface area contributed by atoms with Gasteiger partial charge >= 0.3 is 0 Å². The maximum Gasteiger partial charge on any atom is 0.230 e. The van der Waals surface area contributed by atoms with E-state index in [2.05, 4.69) is 20.8 Å². The Morgan fingerprint density at radius 2 is 1.88 bits per heavy atom. The number of nitrogens with zero attached hydrogens (tertiary/aromatic N) is 3. The van der Waals surface area contributed by atoms with E-state index >= 15 is 0 Å². The lowest BCUT2D eigenvalue weighted by molar-refractivity contribution is -0.120. The van der Waals surface area contributed by atoms with Crippen LogP contribution in [0.5, 0.6) is 0 Å². The van der Waals surface area contributed by atoms with Gasteiger partial charge in [-0.15, -0.1) is 10.2 Å². The molecule has 1 heterocycles. The summed E-state index contributed by atoms with van der Waals surface area (Å²) in [5, 5.41) is 14.7. The average Bonchev–Trinajstić information content (AvgIpc) is 2.99. The first kappa shape index (κ1) is 19.0. The average molecular weight is 361 g/mol. The topological polar surface area (TPSA) is 88.9 Å². The first-order valence-electron chi connectivity index (χ1n) is 8.16. The normalized spacial score (nSPS) is 10.5. The van der Waals surface area contributed by atoms with Crippen LogP contribution in [0.15, 0.2) is 29.4 Å². The Balaban J connectivity index is 1.96. The Morgan fingerprint density at radius 1 is 1.16 bits per heavy atom. The van der Waals surface area contributed by atoms with Gasteiger partial charge in [0.05, 0.1) is 5.75 Å². The maximum absolute atomic E-state index is 11.9. The number of amides is 2. The molecule has 1 aromatic carbocycles. The fourth-order valence-corrected chi connectivity index (χ4v) is 3.16. The van der Waals surface area contributed by atoms with Gasteiger partial charge in [0.1, 0.15) is 0 Å². The molecule has 0 aliphatic rings. The molecule has 0 aliphatic carbocycles. The van der Waals surface area contributed by atoms with E-state index in [0.717, 1.165) is 28.7 Å². The van der Waals surface area contributed by atoms with E-state index in [4.69, 9.17) is 0 Å². The molecule has 0 fully saturated rings. The van der Waals surface area contributed by atoms with Crippen molar-refractivity contribution in [2.45, 2.75) is 32.5 Å². The van der Waals surface area contributed by atoms with E-state index in [0.29, 0.717) is 13.1 Å². The minimum absolute atomic E-state index is 0.0987. The lowest BCUT2D eigenvalue weighted by atomic mass is 10.1. The van der Waals surface area contributed by atoms with Gasteiger partial charge in [-0.3, -0.25) is 9.59 Å². The summed E-state index contributed by atoms with van der Waals surface area (Å²) in [6.07, 6.45) is 0. The van der Waals surface area contributed by atoms with Crippen LogP contribution in [0.3, 0.4) is 0 Å². The second kappa shape index (κ2) is 9.22. The van der Waals surface area contributed by atoms with Gasteiger partial charge in [-0.05, 0) is 19.4 Å². The Bertz CT molecular complexity index is 744. The molecule has 1 aromatic heterocycles. The second-order valence-electron chi connectivity index (χ2n) is 5.49. The number of benzene rings is 1. The number of hydrogen-bond acceptors (Lipinski definition) is 5. The first-order chi connectivity index (χ1) is 12.0. The molecule has 8 heteroatoms. The van der Waals surface area contributed by atoms with Gasteiger partial charge in [-0.1, -0.05) is 36.0 Å². The van der Waals surface area contributed by atoms with Crippen LogP contribution in [0.25, 0.3) is 11.4 Å². The number of hydrogen-bond donors (Lipinski definition) is 2. The summed E-state index contributed by atoms with van der Waals surface area (Å²) in [4.78, 5) is 22.7. The molecule has 0 saturated heterocycles. The fraction of sp³-hybridized carbons (Fsp3) is 0.412. The van der Waals surface area contributed by atoms with Gasteiger partial charge in [0.15, 0.2) is 11.0 Å². The van der Waals surface area contributed by atoms with E-state index in [-0.39, 0.29) is 17.6 Å². The minimum atomic E-state index is -0.108. The molecule has 0 saturated carbocycles. The Labute approximate surface area is 151 Å². The van der Waals surface area contributed by atoms with Crippen molar-refractivity contribution < 1.29 is 9.59 Å². The zero-order chi connectivity index (χ0) is 18.2. The lowest BCUT2D eigenvalue weighted by Crippen LogP contribution is -2.34. The van der Waals surface area contributed by atoms with Crippen LogP contribution in [-0.4, -0.2) is 45.4 Å². The summed E-state index contributed by atoms with van der Waals surface area (Å²) < 4.78 is 2.01. The molecule has 2 aromatic rings. The van der Waals surface area contributed by atoms with Crippen molar-refractivity contribution in [3.63, 3.8) is 0 Å². The molecule has 0 bridgehead atoms. The molecule has 0 unspecified atom stereocenters. The number of rotatable bonds is 8. The van der Waals surface area contributed by atoms with Crippen LogP contribution in [0.4, 0.5) is 0 Å². The van der Waals surface area contributed by atoms with Gasteiger partial charge in [0.25, 0.3) is 0 Å². The zero-order valence-electron chi connectivity index (χ0n) is 14.7. The fourth-order valence-electron chi connectivity index (χ4n) is 2.33. The van der Waals surface area contributed by atoms with Crippen LogP contribution in [0, 0.1) is 6.92 Å². The minimum Gasteiger partial charge on any atom is -0.355 e. The van der Waals surface area contributed by atoms with E-state index < -0.39 is 0 Å². The zero-order valence-corrected chi connectivity index (χ0v) is 15.5. The van der Waals surface area contributed by atoms with Crippen LogP contribution in [0.1, 0.15) is 19.4 Å². The third kappa shape index (κ3) is 5.32.